The highest BCUT2D eigenvalue weighted by Gasteiger charge is 2.30. The van der Waals surface area contributed by atoms with Crippen molar-refractivity contribution in [3.05, 3.63) is 24.3 Å². The number of esters is 4. The highest BCUT2D eigenvalue weighted by Crippen LogP contribution is 2.45. The molecule has 0 aromatic rings. The molecule has 2 unspecified atom stereocenters. The lowest BCUT2D eigenvalue weighted by atomic mass is 10.0. The van der Waals surface area contributed by atoms with Gasteiger partial charge in [0.1, 0.15) is 19.3 Å². The first-order chi connectivity index (χ1) is 45.7. The van der Waals surface area contributed by atoms with Crippen LogP contribution in [0.1, 0.15) is 374 Å². The SMILES string of the molecule is CCCCCC/C=C\C=C/CCCCCCCC(=O)OC[C@H](COP(=O)(O)OC[C@@H](O)COP(=O)(O)OC[C@@H](COC(=O)CCCCCCCCCCCCC)OC(=O)CCCCCCCCCCCCC)OC(=O)CCCCCCCCCCCCCCCCCCC. The van der Waals surface area contributed by atoms with E-state index in [2.05, 4.69) is 52.0 Å². The summed E-state index contributed by atoms with van der Waals surface area (Å²) in [7, 11) is -9.92. The van der Waals surface area contributed by atoms with Crippen molar-refractivity contribution in [3.8, 4) is 0 Å². The monoisotopic (exact) mass is 1380 g/mol. The van der Waals surface area contributed by atoms with Crippen LogP contribution in [0.2, 0.25) is 0 Å². The summed E-state index contributed by atoms with van der Waals surface area (Å²) in [5.74, 6) is -2.14. The molecule has 0 aromatic heterocycles. The van der Waals surface area contributed by atoms with Gasteiger partial charge in [0.25, 0.3) is 0 Å². The molecule has 554 valence electrons. The van der Waals surface area contributed by atoms with E-state index in [0.717, 1.165) is 109 Å². The van der Waals surface area contributed by atoms with Gasteiger partial charge < -0.3 is 33.8 Å². The molecule has 0 aliphatic carbocycles. The van der Waals surface area contributed by atoms with Crippen molar-refractivity contribution in [1.29, 1.82) is 0 Å². The van der Waals surface area contributed by atoms with E-state index in [4.69, 9.17) is 37.0 Å². The average molecular weight is 1380 g/mol. The van der Waals surface area contributed by atoms with Crippen LogP contribution in [0.4, 0.5) is 0 Å². The number of carbonyl (C=O) groups excluding carboxylic acids is 4. The molecule has 0 aromatic carbocycles. The highest BCUT2D eigenvalue weighted by atomic mass is 31.2. The fourth-order valence-corrected chi connectivity index (χ4v) is 12.6. The molecule has 94 heavy (non-hydrogen) atoms. The van der Waals surface area contributed by atoms with Gasteiger partial charge in [-0.05, 0) is 51.4 Å². The van der Waals surface area contributed by atoms with Crippen molar-refractivity contribution < 1.29 is 80.2 Å². The van der Waals surface area contributed by atoms with Crippen LogP contribution >= 0.6 is 15.6 Å². The van der Waals surface area contributed by atoms with Crippen LogP contribution in [-0.2, 0) is 65.4 Å². The summed E-state index contributed by atoms with van der Waals surface area (Å²) in [6.07, 6.45) is 61.7. The molecule has 5 atom stereocenters. The summed E-state index contributed by atoms with van der Waals surface area (Å²) >= 11 is 0. The van der Waals surface area contributed by atoms with Gasteiger partial charge >= 0.3 is 39.5 Å². The zero-order chi connectivity index (χ0) is 69.0. The Bertz CT molecular complexity index is 1880. The normalized spacial score (nSPS) is 14.1. The molecule has 0 bridgehead atoms. The molecule has 0 fully saturated rings. The van der Waals surface area contributed by atoms with Crippen molar-refractivity contribution in [2.75, 3.05) is 39.6 Å². The lowest BCUT2D eigenvalue weighted by Crippen LogP contribution is -2.30. The molecular formula is C75H142O17P2. The van der Waals surface area contributed by atoms with Crippen molar-refractivity contribution in [1.82, 2.24) is 0 Å². The second kappa shape index (κ2) is 69.0. The topological polar surface area (TPSA) is 237 Å². The van der Waals surface area contributed by atoms with Gasteiger partial charge in [-0.1, -0.05) is 322 Å². The van der Waals surface area contributed by atoms with E-state index in [-0.39, 0.29) is 25.7 Å². The standard InChI is InChI=1S/C75H142O17P2/c1-5-9-13-17-21-25-29-31-33-34-36-38-42-46-50-54-58-62-75(80)92-71(66-86-73(78)60-56-52-48-44-41-37-35-32-30-26-22-18-14-10-6-2)68-90-94(83,84)88-64-69(76)63-87-93(81,82)89-67-70(91-74(79)61-57-53-49-45-40-28-24-20-16-12-8-4)65-85-72(77)59-55-51-47-43-39-27-23-19-15-11-7-3/h26,30,32,35,69-71,76H,5-25,27-29,31,33-34,36-68H2,1-4H3,(H,81,82)(H,83,84)/b30-26-,35-32-/t69-,70+,71+/m0/s1. The lowest BCUT2D eigenvalue weighted by Gasteiger charge is -2.21. The largest absolute Gasteiger partial charge is 0.472 e. The van der Waals surface area contributed by atoms with Gasteiger partial charge in [0.2, 0.25) is 0 Å². The average Bonchev–Trinajstić information content (AvgIpc) is 1.27. The van der Waals surface area contributed by atoms with Crippen LogP contribution < -0.4 is 0 Å². The van der Waals surface area contributed by atoms with Gasteiger partial charge in [-0.25, -0.2) is 9.13 Å². The third-order valence-corrected chi connectivity index (χ3v) is 18.9. The summed E-state index contributed by atoms with van der Waals surface area (Å²) in [4.78, 5) is 72.7. The van der Waals surface area contributed by atoms with Gasteiger partial charge in [-0.3, -0.25) is 37.3 Å². The predicted molar refractivity (Wildman–Crippen MR) is 381 cm³/mol. The number of hydrogen-bond acceptors (Lipinski definition) is 15. The molecule has 0 aliphatic rings. The van der Waals surface area contributed by atoms with Crippen LogP contribution in [0, 0.1) is 0 Å². The number of unbranched alkanes of at least 4 members (excludes halogenated alkanes) is 45. The van der Waals surface area contributed by atoms with E-state index in [9.17, 15) is 43.2 Å². The van der Waals surface area contributed by atoms with E-state index in [1.807, 2.05) is 0 Å². The van der Waals surface area contributed by atoms with Crippen molar-refractivity contribution in [3.63, 3.8) is 0 Å². The molecular weight excluding hydrogens is 1230 g/mol. The summed E-state index contributed by atoms with van der Waals surface area (Å²) in [6, 6.07) is 0. The Morgan fingerprint density at radius 3 is 0.777 bits per heavy atom. The molecule has 19 heteroatoms. The molecule has 0 rings (SSSR count). The van der Waals surface area contributed by atoms with E-state index >= 15 is 0 Å². The second-order valence-corrected chi connectivity index (χ2v) is 29.3. The maximum absolute atomic E-state index is 13.1. The Hall–Kier alpha value is -2.46. The molecule has 0 amide bonds. The summed E-state index contributed by atoms with van der Waals surface area (Å²) in [5, 5.41) is 10.6. The van der Waals surface area contributed by atoms with Crippen LogP contribution in [0.15, 0.2) is 24.3 Å². The Morgan fingerprint density at radius 2 is 0.511 bits per heavy atom. The minimum absolute atomic E-state index is 0.102. The Labute approximate surface area is 573 Å². The smallest absolute Gasteiger partial charge is 0.462 e. The zero-order valence-corrected chi connectivity index (χ0v) is 62.2. The number of phosphoric acid groups is 2. The van der Waals surface area contributed by atoms with E-state index < -0.39 is 97.5 Å². The molecule has 0 spiro atoms. The van der Waals surface area contributed by atoms with Gasteiger partial charge in [-0.15, -0.1) is 0 Å². The van der Waals surface area contributed by atoms with Crippen LogP contribution in [0.25, 0.3) is 0 Å². The number of allylic oxidation sites excluding steroid dienone is 4. The fraction of sp³-hybridized carbons (Fsp3) is 0.893. The summed E-state index contributed by atoms with van der Waals surface area (Å²) in [6.45, 7) is 4.91. The van der Waals surface area contributed by atoms with Crippen molar-refractivity contribution in [2.45, 2.75) is 393 Å². The first-order valence-electron chi connectivity index (χ1n) is 38.6. The minimum atomic E-state index is -4.96. The maximum atomic E-state index is 13.1. The van der Waals surface area contributed by atoms with Crippen LogP contribution in [0.3, 0.4) is 0 Å². The molecule has 0 heterocycles. The quantitative estimate of drug-likeness (QED) is 0.0169. The van der Waals surface area contributed by atoms with Crippen molar-refractivity contribution >= 4 is 39.5 Å². The number of rotatable bonds is 74. The fourth-order valence-electron chi connectivity index (χ4n) is 11.0. The van der Waals surface area contributed by atoms with Gasteiger partial charge in [0, 0.05) is 25.7 Å². The van der Waals surface area contributed by atoms with E-state index in [1.165, 1.54) is 186 Å². The Balaban J connectivity index is 5.27. The highest BCUT2D eigenvalue weighted by molar-refractivity contribution is 7.47. The maximum Gasteiger partial charge on any atom is 0.472 e. The molecule has 3 N–H and O–H groups in total. The second-order valence-electron chi connectivity index (χ2n) is 26.4. The first-order valence-corrected chi connectivity index (χ1v) is 41.6. The van der Waals surface area contributed by atoms with Gasteiger partial charge in [-0.2, -0.15) is 0 Å². The van der Waals surface area contributed by atoms with Crippen LogP contribution in [-0.4, -0.2) is 96.7 Å². The van der Waals surface area contributed by atoms with Crippen LogP contribution in [0.5, 0.6) is 0 Å². The first kappa shape index (κ1) is 91.5. The lowest BCUT2D eigenvalue weighted by molar-refractivity contribution is -0.161. The number of hydrogen-bond donors (Lipinski definition) is 3. The number of carbonyl (C=O) groups is 4. The number of phosphoric ester groups is 2. The van der Waals surface area contributed by atoms with E-state index in [1.54, 1.807) is 0 Å². The molecule has 0 saturated heterocycles. The molecule has 0 radical (unpaired) electrons. The molecule has 0 saturated carbocycles. The van der Waals surface area contributed by atoms with E-state index in [0.29, 0.717) is 25.7 Å². The predicted octanol–water partition coefficient (Wildman–Crippen LogP) is 21.8. The zero-order valence-electron chi connectivity index (χ0n) is 60.4. The molecule has 17 nitrogen and oxygen atoms in total. The minimum Gasteiger partial charge on any atom is -0.462 e. The number of ether oxygens (including phenoxy) is 4. The number of aliphatic hydroxyl groups is 1. The Kier molecular flexibility index (Phi) is 67.2. The van der Waals surface area contributed by atoms with Crippen molar-refractivity contribution in [2.24, 2.45) is 0 Å². The number of aliphatic hydroxyl groups excluding tert-OH is 1. The summed E-state index contributed by atoms with van der Waals surface area (Å²) in [5.41, 5.74) is 0. The summed E-state index contributed by atoms with van der Waals surface area (Å²) < 4.78 is 68.4. The molecule has 0 aliphatic heterocycles. The van der Waals surface area contributed by atoms with Gasteiger partial charge in [0.15, 0.2) is 12.2 Å². The third-order valence-electron chi connectivity index (χ3n) is 17.0. The Morgan fingerprint density at radius 1 is 0.298 bits per heavy atom. The van der Waals surface area contributed by atoms with Gasteiger partial charge in [0.05, 0.1) is 26.4 Å². The third kappa shape index (κ3) is 68.1.